The van der Waals surface area contributed by atoms with Crippen LogP contribution in [0.4, 0.5) is 0 Å². The second-order valence-electron chi connectivity index (χ2n) is 4.41. The lowest BCUT2D eigenvalue weighted by Gasteiger charge is -2.24. The topological polar surface area (TPSA) is 20.3 Å². The van der Waals surface area contributed by atoms with Crippen molar-refractivity contribution in [3.63, 3.8) is 0 Å². The van der Waals surface area contributed by atoms with Crippen LogP contribution in [-0.4, -0.2) is 29.8 Å². The van der Waals surface area contributed by atoms with Crippen LogP contribution in [0.3, 0.4) is 0 Å². The summed E-state index contributed by atoms with van der Waals surface area (Å²) in [5, 5.41) is 0. The van der Waals surface area contributed by atoms with Crippen molar-refractivity contribution >= 4 is 21.7 Å². The van der Waals surface area contributed by atoms with Crippen LogP contribution in [0.2, 0.25) is 0 Å². The average Bonchev–Trinajstić information content (AvgIpc) is 2.29. The molecule has 0 atom stereocenters. The first-order valence-corrected chi connectivity index (χ1v) is 6.86. The van der Waals surface area contributed by atoms with Crippen LogP contribution in [-0.2, 0) is 0 Å². The van der Waals surface area contributed by atoms with E-state index in [-0.39, 0.29) is 5.78 Å². The van der Waals surface area contributed by atoms with Crippen LogP contribution >= 0.6 is 15.9 Å². The van der Waals surface area contributed by atoms with E-state index in [1.807, 2.05) is 24.3 Å². The Morgan fingerprint density at radius 3 is 2.65 bits per heavy atom. The number of hydrogen-bond acceptors (Lipinski definition) is 2. The molecule has 94 valence electrons. The maximum atomic E-state index is 12.0. The molecule has 0 spiro atoms. The Hall–Kier alpha value is -0.670. The fraction of sp³-hybridized carbons (Fsp3) is 0.500. The number of nitrogens with zero attached hydrogens (tertiary/aromatic N) is 1. The number of benzene rings is 1. The lowest BCUT2D eigenvalue weighted by atomic mass is 10.1. The lowest BCUT2D eigenvalue weighted by Crippen LogP contribution is -2.32. The lowest BCUT2D eigenvalue weighted by molar-refractivity contribution is 0.0958. The zero-order valence-corrected chi connectivity index (χ0v) is 12.3. The molecule has 17 heavy (non-hydrogen) atoms. The van der Waals surface area contributed by atoms with Crippen molar-refractivity contribution in [2.24, 2.45) is 0 Å². The Labute approximate surface area is 112 Å². The summed E-state index contributed by atoms with van der Waals surface area (Å²) < 4.78 is 0.958. The fourth-order valence-electron chi connectivity index (χ4n) is 1.83. The summed E-state index contributed by atoms with van der Waals surface area (Å²) in [7, 11) is 0. The average molecular weight is 298 g/mol. The van der Waals surface area contributed by atoms with Gasteiger partial charge in [-0.2, -0.15) is 0 Å². The second kappa shape index (κ2) is 6.92. The third kappa shape index (κ3) is 4.60. The van der Waals surface area contributed by atoms with Gasteiger partial charge in [-0.05, 0) is 32.5 Å². The molecule has 2 nitrogen and oxygen atoms in total. The van der Waals surface area contributed by atoms with Gasteiger partial charge < -0.3 is 4.90 Å². The van der Waals surface area contributed by atoms with E-state index in [0.29, 0.717) is 12.5 Å². The van der Waals surface area contributed by atoms with Gasteiger partial charge in [0.15, 0.2) is 5.78 Å². The molecule has 0 aromatic heterocycles. The number of Topliss-reactive ketones (excluding diaryl/α,β-unsaturated/α-hetero) is 1. The zero-order valence-electron chi connectivity index (χ0n) is 10.7. The van der Waals surface area contributed by atoms with Crippen LogP contribution in [0.5, 0.6) is 0 Å². The first-order valence-electron chi connectivity index (χ1n) is 6.07. The van der Waals surface area contributed by atoms with Gasteiger partial charge in [-0.25, -0.2) is 0 Å². The molecular formula is C14H20BrNO. The van der Waals surface area contributed by atoms with E-state index in [9.17, 15) is 4.79 Å². The molecule has 0 fully saturated rings. The van der Waals surface area contributed by atoms with Crippen molar-refractivity contribution in [3.05, 3.63) is 34.3 Å². The molecule has 0 amide bonds. The van der Waals surface area contributed by atoms with Gasteiger partial charge >= 0.3 is 0 Å². The molecule has 0 radical (unpaired) electrons. The van der Waals surface area contributed by atoms with Crippen molar-refractivity contribution < 1.29 is 4.79 Å². The third-order valence-electron chi connectivity index (χ3n) is 2.91. The maximum Gasteiger partial charge on any atom is 0.164 e. The normalized spacial score (nSPS) is 11.2. The zero-order chi connectivity index (χ0) is 12.8. The summed E-state index contributed by atoms with van der Waals surface area (Å²) >= 11 is 3.38. The van der Waals surface area contributed by atoms with Gasteiger partial charge in [-0.15, -0.1) is 0 Å². The molecule has 0 heterocycles. The van der Waals surface area contributed by atoms with E-state index >= 15 is 0 Å². The van der Waals surface area contributed by atoms with Crippen LogP contribution in [0.1, 0.15) is 37.6 Å². The molecular weight excluding hydrogens is 278 g/mol. The van der Waals surface area contributed by atoms with Gasteiger partial charge in [0.05, 0.1) is 0 Å². The van der Waals surface area contributed by atoms with Gasteiger partial charge in [0.2, 0.25) is 0 Å². The highest BCUT2D eigenvalue weighted by Gasteiger charge is 2.11. The van der Waals surface area contributed by atoms with Crippen molar-refractivity contribution in [3.8, 4) is 0 Å². The minimum absolute atomic E-state index is 0.213. The van der Waals surface area contributed by atoms with Gasteiger partial charge in [0.1, 0.15) is 0 Å². The number of ketones is 1. The van der Waals surface area contributed by atoms with E-state index in [1.165, 1.54) is 0 Å². The van der Waals surface area contributed by atoms with Crippen molar-refractivity contribution in [2.75, 3.05) is 13.1 Å². The highest BCUT2D eigenvalue weighted by molar-refractivity contribution is 9.10. The summed E-state index contributed by atoms with van der Waals surface area (Å²) in [5.41, 5.74) is 0.791. The first-order chi connectivity index (χ1) is 8.04. The quantitative estimate of drug-likeness (QED) is 0.745. The molecule has 0 saturated carbocycles. The smallest absolute Gasteiger partial charge is 0.164 e. The SMILES string of the molecule is CCN(CCC(=O)c1cccc(Br)c1)C(C)C. The van der Waals surface area contributed by atoms with Crippen LogP contribution in [0.15, 0.2) is 28.7 Å². The summed E-state index contributed by atoms with van der Waals surface area (Å²) in [5.74, 6) is 0.213. The van der Waals surface area contributed by atoms with Crippen molar-refractivity contribution in [1.29, 1.82) is 0 Å². The predicted molar refractivity (Wildman–Crippen MR) is 75.5 cm³/mol. The Morgan fingerprint density at radius 2 is 2.12 bits per heavy atom. The number of halogens is 1. The third-order valence-corrected chi connectivity index (χ3v) is 3.40. The van der Waals surface area contributed by atoms with E-state index in [0.717, 1.165) is 23.1 Å². The maximum absolute atomic E-state index is 12.0. The van der Waals surface area contributed by atoms with Gasteiger partial charge in [-0.3, -0.25) is 4.79 Å². The minimum atomic E-state index is 0.213. The number of carbonyl (C=O) groups excluding carboxylic acids is 1. The van der Waals surface area contributed by atoms with E-state index < -0.39 is 0 Å². The van der Waals surface area contributed by atoms with E-state index in [4.69, 9.17) is 0 Å². The van der Waals surface area contributed by atoms with Gasteiger partial charge in [0.25, 0.3) is 0 Å². The first kappa shape index (κ1) is 14.4. The summed E-state index contributed by atoms with van der Waals surface area (Å²) in [6.07, 6.45) is 0.586. The monoisotopic (exact) mass is 297 g/mol. The summed E-state index contributed by atoms with van der Waals surface area (Å²) in [6.45, 7) is 8.27. The highest BCUT2D eigenvalue weighted by atomic mass is 79.9. The molecule has 1 aromatic carbocycles. The summed E-state index contributed by atoms with van der Waals surface area (Å²) in [6, 6.07) is 8.09. The molecule has 3 heteroatoms. The number of hydrogen-bond donors (Lipinski definition) is 0. The molecule has 0 saturated heterocycles. The number of rotatable bonds is 6. The largest absolute Gasteiger partial charge is 0.301 e. The predicted octanol–water partition coefficient (Wildman–Crippen LogP) is 3.75. The Kier molecular flexibility index (Phi) is 5.86. The molecule has 1 aromatic rings. The second-order valence-corrected chi connectivity index (χ2v) is 5.32. The molecule has 0 aliphatic rings. The fourth-order valence-corrected chi connectivity index (χ4v) is 2.23. The Balaban J connectivity index is 2.55. The Morgan fingerprint density at radius 1 is 1.41 bits per heavy atom. The molecule has 0 unspecified atom stereocenters. The van der Waals surface area contributed by atoms with Crippen molar-refractivity contribution in [1.82, 2.24) is 4.90 Å². The molecule has 1 rings (SSSR count). The van der Waals surface area contributed by atoms with E-state index in [2.05, 4.69) is 41.6 Å². The Bertz CT molecular complexity index is 376. The molecule has 0 aliphatic carbocycles. The molecule has 0 bridgehead atoms. The molecule has 0 aliphatic heterocycles. The van der Waals surface area contributed by atoms with Gasteiger partial charge in [-0.1, -0.05) is 35.0 Å². The standard InChI is InChI=1S/C14H20BrNO/c1-4-16(11(2)3)9-8-14(17)12-6-5-7-13(15)10-12/h5-7,10-11H,4,8-9H2,1-3H3. The minimum Gasteiger partial charge on any atom is -0.301 e. The summed E-state index contributed by atoms with van der Waals surface area (Å²) in [4.78, 5) is 14.3. The number of carbonyl (C=O) groups is 1. The van der Waals surface area contributed by atoms with Crippen LogP contribution < -0.4 is 0 Å². The van der Waals surface area contributed by atoms with E-state index in [1.54, 1.807) is 0 Å². The van der Waals surface area contributed by atoms with Gasteiger partial charge in [0, 0.05) is 29.0 Å². The molecule has 0 N–H and O–H groups in total. The highest BCUT2D eigenvalue weighted by Crippen LogP contribution is 2.13. The van der Waals surface area contributed by atoms with Crippen LogP contribution in [0, 0.1) is 0 Å². The van der Waals surface area contributed by atoms with Crippen LogP contribution in [0.25, 0.3) is 0 Å². The van der Waals surface area contributed by atoms with Crippen molar-refractivity contribution in [2.45, 2.75) is 33.2 Å².